The molecule has 1 aromatic heterocycles. The van der Waals surface area contributed by atoms with Crippen LogP contribution in [0.1, 0.15) is 51.0 Å². The SMILES string of the molecule is CCOC(c1ncc(Br)c(N)n1)C1CCCCC1. The van der Waals surface area contributed by atoms with Crippen LogP contribution in [-0.4, -0.2) is 16.6 Å². The van der Waals surface area contributed by atoms with Crippen LogP contribution in [0.2, 0.25) is 0 Å². The zero-order chi connectivity index (χ0) is 13.0. The van der Waals surface area contributed by atoms with Crippen molar-refractivity contribution in [1.82, 2.24) is 9.97 Å². The average molecular weight is 314 g/mol. The van der Waals surface area contributed by atoms with Gasteiger partial charge in [-0.2, -0.15) is 0 Å². The summed E-state index contributed by atoms with van der Waals surface area (Å²) in [6.45, 7) is 2.69. The Kier molecular flexibility index (Phi) is 4.95. The molecule has 100 valence electrons. The van der Waals surface area contributed by atoms with E-state index in [2.05, 4.69) is 25.9 Å². The minimum absolute atomic E-state index is 0.00861. The summed E-state index contributed by atoms with van der Waals surface area (Å²) in [5, 5.41) is 0. The Morgan fingerprint density at radius 3 is 2.78 bits per heavy atom. The number of hydrogen-bond acceptors (Lipinski definition) is 4. The van der Waals surface area contributed by atoms with Gasteiger partial charge >= 0.3 is 0 Å². The molecule has 1 fully saturated rings. The van der Waals surface area contributed by atoms with E-state index >= 15 is 0 Å². The first-order chi connectivity index (χ1) is 8.72. The summed E-state index contributed by atoms with van der Waals surface area (Å²) in [7, 11) is 0. The average Bonchev–Trinajstić information content (AvgIpc) is 2.40. The van der Waals surface area contributed by atoms with Crippen LogP contribution >= 0.6 is 15.9 Å². The number of anilines is 1. The summed E-state index contributed by atoms with van der Waals surface area (Å²) in [5.41, 5.74) is 5.83. The Hall–Kier alpha value is -0.680. The maximum Gasteiger partial charge on any atom is 0.159 e. The van der Waals surface area contributed by atoms with Gasteiger partial charge in [0, 0.05) is 12.8 Å². The third kappa shape index (κ3) is 3.20. The van der Waals surface area contributed by atoms with Gasteiger partial charge < -0.3 is 10.5 Å². The second-order valence-electron chi connectivity index (χ2n) is 4.74. The van der Waals surface area contributed by atoms with Crippen molar-refractivity contribution in [2.45, 2.75) is 45.1 Å². The molecule has 1 saturated carbocycles. The second-order valence-corrected chi connectivity index (χ2v) is 5.59. The third-order valence-corrected chi connectivity index (χ3v) is 4.08. The molecule has 5 heteroatoms. The van der Waals surface area contributed by atoms with E-state index < -0.39 is 0 Å². The molecule has 2 rings (SSSR count). The molecule has 1 unspecified atom stereocenters. The molecule has 0 saturated heterocycles. The minimum Gasteiger partial charge on any atom is -0.383 e. The Bertz CT molecular complexity index is 394. The number of nitrogens with two attached hydrogens (primary N) is 1. The standard InChI is InChI=1S/C13H20BrN3O/c1-2-18-11(9-6-4-3-5-7-9)13-16-8-10(14)12(15)17-13/h8-9,11H,2-7H2,1H3,(H2,15,16,17). The van der Waals surface area contributed by atoms with Gasteiger partial charge in [0.25, 0.3) is 0 Å². The summed E-state index contributed by atoms with van der Waals surface area (Å²) in [6, 6.07) is 0. The Labute approximate surface area is 116 Å². The quantitative estimate of drug-likeness (QED) is 0.924. The number of halogens is 1. The number of rotatable bonds is 4. The van der Waals surface area contributed by atoms with Gasteiger partial charge in [-0.15, -0.1) is 0 Å². The highest BCUT2D eigenvalue weighted by atomic mass is 79.9. The first-order valence-corrected chi connectivity index (χ1v) is 7.41. The van der Waals surface area contributed by atoms with Crippen LogP contribution in [-0.2, 0) is 4.74 Å². The van der Waals surface area contributed by atoms with Crippen LogP contribution in [0.15, 0.2) is 10.7 Å². The molecule has 1 aliphatic carbocycles. The van der Waals surface area contributed by atoms with Gasteiger partial charge in [0.05, 0.1) is 4.47 Å². The van der Waals surface area contributed by atoms with Crippen molar-refractivity contribution < 1.29 is 4.74 Å². The van der Waals surface area contributed by atoms with Gasteiger partial charge in [-0.25, -0.2) is 9.97 Å². The molecule has 0 aromatic carbocycles. The Morgan fingerprint density at radius 2 is 2.17 bits per heavy atom. The van der Waals surface area contributed by atoms with Gasteiger partial charge in [0.15, 0.2) is 5.82 Å². The lowest BCUT2D eigenvalue weighted by Crippen LogP contribution is -2.21. The fourth-order valence-corrected chi connectivity index (χ4v) is 2.76. The van der Waals surface area contributed by atoms with E-state index in [1.54, 1.807) is 6.20 Å². The summed E-state index contributed by atoms with van der Waals surface area (Å²) in [5.74, 6) is 1.74. The molecule has 4 nitrogen and oxygen atoms in total. The molecule has 0 radical (unpaired) electrons. The van der Waals surface area contributed by atoms with Crippen molar-refractivity contribution in [2.24, 2.45) is 5.92 Å². The largest absolute Gasteiger partial charge is 0.383 e. The molecule has 0 aliphatic heterocycles. The van der Waals surface area contributed by atoms with Crippen LogP contribution in [0.25, 0.3) is 0 Å². The summed E-state index contributed by atoms with van der Waals surface area (Å²) in [6.07, 6.45) is 7.99. The second kappa shape index (κ2) is 6.48. The van der Waals surface area contributed by atoms with Gasteiger partial charge in [0.2, 0.25) is 0 Å². The Morgan fingerprint density at radius 1 is 1.44 bits per heavy atom. The van der Waals surface area contributed by atoms with Crippen molar-refractivity contribution in [3.63, 3.8) is 0 Å². The third-order valence-electron chi connectivity index (χ3n) is 3.47. The predicted octanol–water partition coefficient (Wildman–Crippen LogP) is 3.48. The molecule has 1 aliphatic rings. The van der Waals surface area contributed by atoms with E-state index in [9.17, 15) is 0 Å². The van der Waals surface area contributed by atoms with E-state index in [-0.39, 0.29) is 6.10 Å². The van der Waals surface area contributed by atoms with E-state index in [1.807, 2.05) is 6.92 Å². The van der Waals surface area contributed by atoms with Crippen LogP contribution in [0.4, 0.5) is 5.82 Å². The van der Waals surface area contributed by atoms with Crippen molar-refractivity contribution in [3.05, 3.63) is 16.5 Å². The molecule has 18 heavy (non-hydrogen) atoms. The lowest BCUT2D eigenvalue weighted by molar-refractivity contribution is -0.000116. The highest BCUT2D eigenvalue weighted by molar-refractivity contribution is 9.10. The summed E-state index contributed by atoms with van der Waals surface area (Å²) >= 11 is 3.32. The minimum atomic E-state index is -0.00861. The van der Waals surface area contributed by atoms with Crippen LogP contribution in [0.3, 0.4) is 0 Å². The molecule has 1 atom stereocenters. The molecule has 0 spiro atoms. The maximum absolute atomic E-state index is 5.87. The maximum atomic E-state index is 5.87. The number of hydrogen-bond donors (Lipinski definition) is 1. The summed E-state index contributed by atoms with van der Waals surface area (Å²) in [4.78, 5) is 8.73. The topological polar surface area (TPSA) is 61.0 Å². The first kappa shape index (κ1) is 13.7. The molecular weight excluding hydrogens is 294 g/mol. The number of nitrogen functional groups attached to an aromatic ring is 1. The first-order valence-electron chi connectivity index (χ1n) is 6.62. The Balaban J connectivity index is 2.19. The fourth-order valence-electron chi connectivity index (χ4n) is 2.57. The van der Waals surface area contributed by atoms with Gasteiger partial charge in [-0.3, -0.25) is 0 Å². The van der Waals surface area contributed by atoms with E-state index in [0.717, 1.165) is 10.3 Å². The molecule has 0 bridgehead atoms. The predicted molar refractivity (Wildman–Crippen MR) is 75.1 cm³/mol. The lowest BCUT2D eigenvalue weighted by atomic mass is 9.85. The number of ether oxygens (including phenoxy) is 1. The van der Waals surface area contributed by atoms with E-state index in [0.29, 0.717) is 18.3 Å². The monoisotopic (exact) mass is 313 g/mol. The fraction of sp³-hybridized carbons (Fsp3) is 0.692. The van der Waals surface area contributed by atoms with E-state index in [4.69, 9.17) is 10.5 Å². The van der Waals surface area contributed by atoms with Crippen molar-refractivity contribution in [3.8, 4) is 0 Å². The molecule has 1 aromatic rings. The molecule has 2 N–H and O–H groups in total. The normalized spacial score (nSPS) is 18.8. The van der Waals surface area contributed by atoms with Crippen LogP contribution in [0, 0.1) is 5.92 Å². The zero-order valence-corrected chi connectivity index (χ0v) is 12.3. The van der Waals surface area contributed by atoms with Crippen molar-refractivity contribution in [2.75, 3.05) is 12.3 Å². The van der Waals surface area contributed by atoms with Crippen molar-refractivity contribution in [1.29, 1.82) is 0 Å². The smallest absolute Gasteiger partial charge is 0.159 e. The summed E-state index contributed by atoms with van der Waals surface area (Å²) < 4.78 is 6.61. The van der Waals surface area contributed by atoms with Gasteiger partial charge in [0.1, 0.15) is 11.9 Å². The van der Waals surface area contributed by atoms with Gasteiger partial charge in [-0.05, 0) is 41.6 Å². The molecule has 0 amide bonds. The van der Waals surface area contributed by atoms with Crippen molar-refractivity contribution >= 4 is 21.7 Å². The zero-order valence-electron chi connectivity index (χ0n) is 10.7. The molecular formula is C13H20BrN3O. The highest BCUT2D eigenvalue weighted by Gasteiger charge is 2.28. The highest BCUT2D eigenvalue weighted by Crippen LogP contribution is 2.36. The van der Waals surface area contributed by atoms with Crippen LogP contribution in [0.5, 0.6) is 0 Å². The molecule has 1 heterocycles. The number of aromatic nitrogens is 2. The van der Waals surface area contributed by atoms with Gasteiger partial charge in [-0.1, -0.05) is 19.3 Å². The number of nitrogens with zero attached hydrogens (tertiary/aromatic N) is 2. The van der Waals surface area contributed by atoms with Crippen LogP contribution < -0.4 is 5.73 Å². The lowest BCUT2D eigenvalue weighted by Gasteiger charge is -2.29. The van der Waals surface area contributed by atoms with E-state index in [1.165, 1.54) is 32.1 Å².